The van der Waals surface area contributed by atoms with E-state index in [2.05, 4.69) is 203 Å². The standard InChI is InChI=1S/C48H32BrNO/c49-40-31-38(30-39(32-40)44-15-9-16-46-45-14-7-8-17-47(45)51-48(44)46)37-20-18-34(19-21-37)36-24-28-43(29-25-36)50(41-12-5-2-6-13-41)42-26-22-35(23-27-42)33-10-3-1-4-11-33/h1-32H. The second-order valence-corrected chi connectivity index (χ2v) is 13.6. The number of fused-ring (bicyclic) bond motifs is 3. The summed E-state index contributed by atoms with van der Waals surface area (Å²) < 4.78 is 7.39. The van der Waals surface area contributed by atoms with E-state index >= 15 is 0 Å². The van der Waals surface area contributed by atoms with E-state index in [0.717, 1.165) is 65.7 Å². The fourth-order valence-electron chi connectivity index (χ4n) is 7.00. The SMILES string of the molecule is Brc1cc(-c2ccc(-c3ccc(N(c4ccccc4)c4ccc(-c5ccccc5)cc4)cc3)cc2)cc(-c2cccc3c2oc2ccccc23)c1. The van der Waals surface area contributed by atoms with Crippen LogP contribution in [0.15, 0.2) is 203 Å². The highest BCUT2D eigenvalue weighted by Gasteiger charge is 2.15. The minimum Gasteiger partial charge on any atom is -0.455 e. The van der Waals surface area contributed by atoms with Crippen LogP contribution >= 0.6 is 15.9 Å². The van der Waals surface area contributed by atoms with E-state index in [-0.39, 0.29) is 0 Å². The number of anilines is 3. The maximum absolute atomic E-state index is 6.36. The Balaban J connectivity index is 1.00. The third-order valence-electron chi connectivity index (χ3n) is 9.54. The first-order chi connectivity index (χ1) is 25.2. The molecule has 3 heteroatoms. The zero-order valence-corrected chi connectivity index (χ0v) is 29.3. The lowest BCUT2D eigenvalue weighted by Crippen LogP contribution is -2.09. The first-order valence-electron chi connectivity index (χ1n) is 17.1. The van der Waals surface area contributed by atoms with E-state index in [4.69, 9.17) is 4.42 Å². The normalized spacial score (nSPS) is 11.2. The highest BCUT2D eigenvalue weighted by molar-refractivity contribution is 9.10. The molecular weight excluding hydrogens is 686 g/mol. The minimum absolute atomic E-state index is 0.907. The van der Waals surface area contributed by atoms with Gasteiger partial charge in [0.25, 0.3) is 0 Å². The van der Waals surface area contributed by atoms with Gasteiger partial charge in [-0.05, 0) is 99.6 Å². The van der Waals surface area contributed by atoms with Crippen LogP contribution in [0.25, 0.3) is 66.4 Å². The predicted molar refractivity (Wildman–Crippen MR) is 218 cm³/mol. The lowest BCUT2D eigenvalue weighted by atomic mass is 9.96. The van der Waals surface area contributed by atoms with Gasteiger partial charge < -0.3 is 9.32 Å². The molecule has 0 saturated carbocycles. The van der Waals surface area contributed by atoms with Crippen LogP contribution < -0.4 is 4.90 Å². The Morgan fingerprint density at radius 1 is 0.353 bits per heavy atom. The van der Waals surface area contributed by atoms with Crippen LogP contribution in [-0.2, 0) is 0 Å². The van der Waals surface area contributed by atoms with Crippen LogP contribution in [-0.4, -0.2) is 0 Å². The molecule has 0 amide bonds. The molecule has 0 spiro atoms. The maximum atomic E-state index is 6.36. The van der Waals surface area contributed by atoms with Gasteiger partial charge in [0, 0.05) is 37.9 Å². The number of para-hydroxylation sites is 3. The number of rotatable bonds is 7. The van der Waals surface area contributed by atoms with Gasteiger partial charge in [0.1, 0.15) is 11.2 Å². The van der Waals surface area contributed by atoms with Gasteiger partial charge in [-0.3, -0.25) is 0 Å². The summed E-state index contributed by atoms with van der Waals surface area (Å²) in [6.07, 6.45) is 0. The van der Waals surface area contributed by atoms with E-state index in [1.165, 1.54) is 22.3 Å². The van der Waals surface area contributed by atoms with Crippen molar-refractivity contribution in [1.29, 1.82) is 0 Å². The fraction of sp³-hybridized carbons (Fsp3) is 0. The molecule has 0 aliphatic heterocycles. The monoisotopic (exact) mass is 717 g/mol. The molecule has 1 aromatic heterocycles. The van der Waals surface area contributed by atoms with Gasteiger partial charge in [0.05, 0.1) is 0 Å². The molecule has 0 fully saturated rings. The van der Waals surface area contributed by atoms with E-state index in [1.54, 1.807) is 0 Å². The molecule has 1 heterocycles. The molecule has 51 heavy (non-hydrogen) atoms. The second kappa shape index (κ2) is 13.3. The number of hydrogen-bond acceptors (Lipinski definition) is 2. The Labute approximate surface area is 306 Å². The molecular formula is C48H32BrNO. The van der Waals surface area contributed by atoms with Crippen LogP contribution in [0.4, 0.5) is 17.1 Å². The summed E-state index contributed by atoms with van der Waals surface area (Å²) in [7, 11) is 0. The van der Waals surface area contributed by atoms with Gasteiger partial charge in [-0.15, -0.1) is 0 Å². The zero-order valence-electron chi connectivity index (χ0n) is 27.7. The van der Waals surface area contributed by atoms with Gasteiger partial charge in [0.2, 0.25) is 0 Å². The molecule has 0 radical (unpaired) electrons. The number of benzene rings is 8. The van der Waals surface area contributed by atoms with Crippen molar-refractivity contribution in [2.45, 2.75) is 0 Å². The van der Waals surface area contributed by atoms with Gasteiger partial charge in [-0.25, -0.2) is 0 Å². The van der Waals surface area contributed by atoms with Crippen LogP contribution in [0.3, 0.4) is 0 Å². The third kappa shape index (κ3) is 6.03. The molecule has 0 bridgehead atoms. The summed E-state index contributed by atoms with van der Waals surface area (Å²) in [5, 5.41) is 2.27. The quantitative estimate of drug-likeness (QED) is 0.163. The highest BCUT2D eigenvalue weighted by atomic mass is 79.9. The summed E-state index contributed by atoms with van der Waals surface area (Å²) in [4.78, 5) is 2.30. The van der Waals surface area contributed by atoms with Crippen molar-refractivity contribution in [3.63, 3.8) is 0 Å². The Hall–Kier alpha value is -6.16. The average Bonchev–Trinajstić information content (AvgIpc) is 3.58. The van der Waals surface area contributed by atoms with Crippen LogP contribution in [0.5, 0.6) is 0 Å². The van der Waals surface area contributed by atoms with Crippen LogP contribution in [0.2, 0.25) is 0 Å². The first kappa shape index (κ1) is 30.9. The van der Waals surface area contributed by atoms with Crippen LogP contribution in [0, 0.1) is 0 Å². The Kier molecular flexibility index (Phi) is 8.04. The van der Waals surface area contributed by atoms with Crippen molar-refractivity contribution < 1.29 is 4.42 Å². The van der Waals surface area contributed by atoms with Crippen molar-refractivity contribution in [3.05, 3.63) is 199 Å². The lowest BCUT2D eigenvalue weighted by Gasteiger charge is -2.26. The zero-order chi connectivity index (χ0) is 34.1. The van der Waals surface area contributed by atoms with Crippen molar-refractivity contribution in [3.8, 4) is 44.5 Å². The third-order valence-corrected chi connectivity index (χ3v) is 10.00. The molecule has 0 N–H and O–H groups in total. The summed E-state index contributed by atoms with van der Waals surface area (Å²) >= 11 is 3.79. The van der Waals surface area contributed by atoms with E-state index in [1.807, 2.05) is 12.1 Å². The Morgan fingerprint density at radius 2 is 0.824 bits per heavy atom. The number of hydrogen-bond donors (Lipinski definition) is 0. The molecule has 9 rings (SSSR count). The average molecular weight is 719 g/mol. The summed E-state index contributed by atoms with van der Waals surface area (Å²) in [6.45, 7) is 0. The molecule has 0 aliphatic rings. The molecule has 0 unspecified atom stereocenters. The predicted octanol–water partition coefficient (Wildman–Crippen LogP) is 14.5. The summed E-state index contributed by atoms with van der Waals surface area (Å²) in [5.41, 5.74) is 14.4. The smallest absolute Gasteiger partial charge is 0.143 e. The van der Waals surface area contributed by atoms with E-state index in [0.29, 0.717) is 0 Å². The molecule has 9 aromatic rings. The molecule has 0 saturated heterocycles. The summed E-state index contributed by atoms with van der Waals surface area (Å²) in [5.74, 6) is 0. The van der Waals surface area contributed by atoms with Gasteiger partial charge in [-0.1, -0.05) is 149 Å². The largest absolute Gasteiger partial charge is 0.455 e. The van der Waals surface area contributed by atoms with Crippen molar-refractivity contribution in [2.24, 2.45) is 0 Å². The molecule has 242 valence electrons. The van der Waals surface area contributed by atoms with Crippen molar-refractivity contribution in [1.82, 2.24) is 0 Å². The minimum atomic E-state index is 0.907. The van der Waals surface area contributed by atoms with Crippen molar-refractivity contribution >= 4 is 54.9 Å². The van der Waals surface area contributed by atoms with Gasteiger partial charge >= 0.3 is 0 Å². The molecule has 8 aromatic carbocycles. The Bertz CT molecular complexity index is 2610. The fourth-order valence-corrected chi connectivity index (χ4v) is 7.50. The molecule has 2 nitrogen and oxygen atoms in total. The van der Waals surface area contributed by atoms with Gasteiger partial charge in [-0.2, -0.15) is 0 Å². The van der Waals surface area contributed by atoms with E-state index < -0.39 is 0 Å². The summed E-state index contributed by atoms with van der Waals surface area (Å²) in [6, 6.07) is 68.7. The Morgan fingerprint density at radius 3 is 1.47 bits per heavy atom. The number of halogens is 1. The molecule has 0 atom stereocenters. The molecule has 0 aliphatic carbocycles. The van der Waals surface area contributed by atoms with E-state index in [9.17, 15) is 0 Å². The maximum Gasteiger partial charge on any atom is 0.143 e. The van der Waals surface area contributed by atoms with Gasteiger partial charge in [0.15, 0.2) is 0 Å². The first-order valence-corrected chi connectivity index (χ1v) is 17.9. The highest BCUT2D eigenvalue weighted by Crippen LogP contribution is 2.40. The van der Waals surface area contributed by atoms with Crippen molar-refractivity contribution in [2.75, 3.05) is 4.90 Å². The number of furan rings is 1. The van der Waals surface area contributed by atoms with Crippen LogP contribution in [0.1, 0.15) is 0 Å². The topological polar surface area (TPSA) is 16.4 Å². The number of nitrogens with zero attached hydrogens (tertiary/aromatic N) is 1. The lowest BCUT2D eigenvalue weighted by molar-refractivity contribution is 0.670. The second-order valence-electron chi connectivity index (χ2n) is 12.7.